The van der Waals surface area contributed by atoms with Crippen LogP contribution >= 0.6 is 0 Å². The van der Waals surface area contributed by atoms with E-state index in [1.165, 1.54) is 12.0 Å². The second-order valence-electron chi connectivity index (χ2n) is 6.74. The van der Waals surface area contributed by atoms with E-state index in [1.54, 1.807) is 0 Å². The van der Waals surface area contributed by atoms with E-state index in [0.29, 0.717) is 12.0 Å². The molecule has 21 heavy (non-hydrogen) atoms. The number of rotatable bonds is 9. The maximum Gasteiger partial charge on any atom is 0.124 e. The van der Waals surface area contributed by atoms with Crippen molar-refractivity contribution in [1.29, 1.82) is 0 Å². The SMILES string of the molecule is CC(C)CC(CN(C)C)NCc1ccccc1OC(C)C. The van der Waals surface area contributed by atoms with E-state index in [2.05, 4.69) is 70.2 Å². The highest BCUT2D eigenvalue weighted by Gasteiger charge is 2.13. The van der Waals surface area contributed by atoms with E-state index in [1.807, 2.05) is 6.07 Å². The molecule has 3 heteroatoms. The minimum absolute atomic E-state index is 0.208. The number of hydrogen-bond donors (Lipinski definition) is 1. The third-order valence-corrected chi connectivity index (χ3v) is 3.26. The van der Waals surface area contributed by atoms with Crippen LogP contribution in [-0.4, -0.2) is 37.7 Å². The molecule has 0 spiro atoms. The minimum Gasteiger partial charge on any atom is -0.491 e. The van der Waals surface area contributed by atoms with Gasteiger partial charge in [0.25, 0.3) is 0 Å². The molecule has 1 aromatic rings. The summed E-state index contributed by atoms with van der Waals surface area (Å²) in [6.07, 6.45) is 1.39. The molecule has 0 radical (unpaired) electrons. The first-order chi connectivity index (χ1) is 9.88. The minimum atomic E-state index is 0.208. The van der Waals surface area contributed by atoms with Crippen molar-refractivity contribution in [2.75, 3.05) is 20.6 Å². The highest BCUT2D eigenvalue weighted by atomic mass is 16.5. The summed E-state index contributed by atoms with van der Waals surface area (Å²) >= 11 is 0. The fourth-order valence-corrected chi connectivity index (χ4v) is 2.51. The Balaban J connectivity index is 2.66. The molecule has 0 aliphatic heterocycles. The van der Waals surface area contributed by atoms with Crippen LogP contribution < -0.4 is 10.1 Å². The van der Waals surface area contributed by atoms with Crippen LogP contribution in [0.2, 0.25) is 0 Å². The van der Waals surface area contributed by atoms with Crippen molar-refractivity contribution in [3.8, 4) is 5.75 Å². The number of nitrogens with zero attached hydrogens (tertiary/aromatic N) is 1. The second-order valence-corrected chi connectivity index (χ2v) is 6.74. The van der Waals surface area contributed by atoms with E-state index in [0.717, 1.165) is 18.8 Å². The molecular formula is C18H32N2O. The molecule has 0 heterocycles. The Labute approximate surface area is 130 Å². The molecule has 1 aromatic carbocycles. The summed E-state index contributed by atoms with van der Waals surface area (Å²) in [7, 11) is 4.26. The standard InChI is InChI=1S/C18H32N2O/c1-14(2)11-17(13-20(5)6)19-12-16-9-7-8-10-18(16)21-15(3)4/h7-10,14-15,17,19H,11-13H2,1-6H3. The van der Waals surface area contributed by atoms with Gasteiger partial charge in [-0.15, -0.1) is 0 Å². The van der Waals surface area contributed by atoms with Crippen molar-refractivity contribution >= 4 is 0 Å². The molecule has 120 valence electrons. The van der Waals surface area contributed by atoms with E-state index in [4.69, 9.17) is 4.74 Å². The average molecular weight is 292 g/mol. The number of likely N-dealkylation sites (N-methyl/N-ethyl adjacent to an activating group) is 1. The van der Waals surface area contributed by atoms with Crippen molar-refractivity contribution in [2.24, 2.45) is 5.92 Å². The largest absolute Gasteiger partial charge is 0.491 e. The molecule has 1 N–H and O–H groups in total. The maximum atomic E-state index is 5.89. The van der Waals surface area contributed by atoms with Crippen LogP contribution in [0.4, 0.5) is 0 Å². The zero-order valence-corrected chi connectivity index (χ0v) is 14.5. The van der Waals surface area contributed by atoms with Crippen LogP contribution in [0.1, 0.15) is 39.7 Å². The van der Waals surface area contributed by atoms with Gasteiger partial charge in [0.05, 0.1) is 6.10 Å². The normalized spacial score (nSPS) is 13.2. The van der Waals surface area contributed by atoms with Crippen LogP contribution in [-0.2, 0) is 6.54 Å². The highest BCUT2D eigenvalue weighted by molar-refractivity contribution is 5.33. The molecule has 0 saturated heterocycles. The third-order valence-electron chi connectivity index (χ3n) is 3.26. The number of para-hydroxylation sites is 1. The Morgan fingerprint density at radius 3 is 2.33 bits per heavy atom. The number of nitrogens with one attached hydrogen (secondary N) is 1. The second kappa shape index (κ2) is 9.06. The van der Waals surface area contributed by atoms with Gasteiger partial charge < -0.3 is 15.0 Å². The molecular weight excluding hydrogens is 260 g/mol. The lowest BCUT2D eigenvalue weighted by Crippen LogP contribution is -2.38. The van der Waals surface area contributed by atoms with Gasteiger partial charge in [-0.2, -0.15) is 0 Å². The maximum absolute atomic E-state index is 5.89. The lowest BCUT2D eigenvalue weighted by Gasteiger charge is -2.24. The predicted molar refractivity (Wildman–Crippen MR) is 90.8 cm³/mol. The van der Waals surface area contributed by atoms with Gasteiger partial charge in [0.15, 0.2) is 0 Å². The smallest absolute Gasteiger partial charge is 0.124 e. The lowest BCUT2D eigenvalue weighted by molar-refractivity contribution is 0.238. The molecule has 0 aliphatic rings. The molecule has 0 bridgehead atoms. The van der Waals surface area contributed by atoms with Gasteiger partial charge in [-0.3, -0.25) is 0 Å². The lowest BCUT2D eigenvalue weighted by atomic mass is 10.0. The monoisotopic (exact) mass is 292 g/mol. The predicted octanol–water partition coefficient (Wildman–Crippen LogP) is 3.54. The van der Waals surface area contributed by atoms with Gasteiger partial charge in [-0.25, -0.2) is 0 Å². The summed E-state index contributed by atoms with van der Waals surface area (Å²) in [5.41, 5.74) is 1.23. The van der Waals surface area contributed by atoms with E-state index >= 15 is 0 Å². The van der Waals surface area contributed by atoms with Crippen LogP contribution in [0, 0.1) is 5.92 Å². The molecule has 1 unspecified atom stereocenters. The van der Waals surface area contributed by atoms with Gasteiger partial charge in [-0.05, 0) is 46.3 Å². The fourth-order valence-electron chi connectivity index (χ4n) is 2.51. The Bertz CT molecular complexity index is 392. The van der Waals surface area contributed by atoms with Crippen molar-refractivity contribution in [3.05, 3.63) is 29.8 Å². The van der Waals surface area contributed by atoms with Crippen LogP contribution in [0.5, 0.6) is 5.75 Å². The summed E-state index contributed by atoms with van der Waals surface area (Å²) in [6.45, 7) is 10.6. The number of benzene rings is 1. The Morgan fingerprint density at radius 1 is 1.10 bits per heavy atom. The van der Waals surface area contributed by atoms with Gasteiger partial charge >= 0.3 is 0 Å². The van der Waals surface area contributed by atoms with Crippen LogP contribution in [0.3, 0.4) is 0 Å². The quantitative estimate of drug-likeness (QED) is 0.753. The molecule has 0 aliphatic carbocycles. The zero-order chi connectivity index (χ0) is 15.8. The van der Waals surface area contributed by atoms with Crippen molar-refractivity contribution in [1.82, 2.24) is 10.2 Å². The third kappa shape index (κ3) is 7.49. The Morgan fingerprint density at radius 2 is 1.76 bits per heavy atom. The van der Waals surface area contributed by atoms with Crippen molar-refractivity contribution in [2.45, 2.75) is 52.8 Å². The molecule has 0 fully saturated rings. The Hall–Kier alpha value is -1.06. The zero-order valence-electron chi connectivity index (χ0n) is 14.5. The van der Waals surface area contributed by atoms with Gasteiger partial charge in [0.2, 0.25) is 0 Å². The molecule has 0 saturated carbocycles. The van der Waals surface area contributed by atoms with E-state index in [9.17, 15) is 0 Å². The fraction of sp³-hybridized carbons (Fsp3) is 0.667. The van der Waals surface area contributed by atoms with Gasteiger partial charge in [0.1, 0.15) is 5.75 Å². The number of ether oxygens (including phenoxy) is 1. The molecule has 0 amide bonds. The molecule has 1 atom stereocenters. The summed E-state index contributed by atoms with van der Waals surface area (Å²) in [4.78, 5) is 2.25. The topological polar surface area (TPSA) is 24.5 Å². The molecule has 0 aromatic heterocycles. The van der Waals surface area contributed by atoms with Gasteiger partial charge in [-0.1, -0.05) is 32.0 Å². The van der Waals surface area contributed by atoms with E-state index in [-0.39, 0.29) is 6.10 Å². The summed E-state index contributed by atoms with van der Waals surface area (Å²) in [6, 6.07) is 8.82. The van der Waals surface area contributed by atoms with Crippen molar-refractivity contribution < 1.29 is 4.74 Å². The highest BCUT2D eigenvalue weighted by Crippen LogP contribution is 2.19. The number of hydrogen-bond acceptors (Lipinski definition) is 3. The first-order valence-corrected chi connectivity index (χ1v) is 8.01. The van der Waals surface area contributed by atoms with Crippen LogP contribution in [0.25, 0.3) is 0 Å². The van der Waals surface area contributed by atoms with Crippen molar-refractivity contribution in [3.63, 3.8) is 0 Å². The molecule has 1 rings (SSSR count). The summed E-state index contributed by atoms with van der Waals surface area (Å²) in [5, 5.41) is 3.69. The van der Waals surface area contributed by atoms with Crippen LogP contribution in [0.15, 0.2) is 24.3 Å². The summed E-state index contributed by atoms with van der Waals surface area (Å²) in [5.74, 6) is 1.69. The van der Waals surface area contributed by atoms with E-state index < -0.39 is 0 Å². The Kier molecular flexibility index (Phi) is 7.76. The van der Waals surface area contributed by atoms with Gasteiger partial charge in [0, 0.05) is 24.7 Å². The first-order valence-electron chi connectivity index (χ1n) is 8.01. The molecule has 3 nitrogen and oxygen atoms in total. The summed E-state index contributed by atoms with van der Waals surface area (Å²) < 4.78 is 5.89. The average Bonchev–Trinajstić information content (AvgIpc) is 2.35. The first kappa shape index (κ1) is 18.0.